The number of anilines is 1. The number of nitrogens with zero attached hydrogens (tertiary/aromatic N) is 3. The lowest BCUT2D eigenvalue weighted by atomic mass is 9.58. The second-order valence-corrected chi connectivity index (χ2v) is 14.1. The number of aliphatic hydroxyl groups excluding tert-OH is 1. The van der Waals surface area contributed by atoms with Gasteiger partial charge < -0.3 is 34.4 Å². The molecule has 0 unspecified atom stereocenters. The predicted octanol–water partition coefficient (Wildman–Crippen LogP) is 5.26. The number of Topliss-reactive ketones (excluding diaryl/α,β-unsaturated/α-hetero) is 2. The number of aliphatic hydroxyl groups is 2. The van der Waals surface area contributed by atoms with Crippen LogP contribution in [0.5, 0.6) is 11.6 Å². The molecular weight excluding hydrogens is 600 g/mol. The summed E-state index contributed by atoms with van der Waals surface area (Å²) < 4.78 is 17.9. The minimum absolute atomic E-state index is 0.00162. The fraction of sp³-hybridized carbons (Fsp3) is 0.639. The quantitative estimate of drug-likeness (QED) is 0.231. The van der Waals surface area contributed by atoms with Crippen LogP contribution in [0, 0.1) is 17.8 Å². The van der Waals surface area contributed by atoms with E-state index in [0.717, 1.165) is 49.0 Å². The first-order valence-electron chi connectivity index (χ1n) is 17.1. The largest absolute Gasteiger partial charge is 0.508 e. The summed E-state index contributed by atoms with van der Waals surface area (Å²) in [5.74, 6) is -1.76. The van der Waals surface area contributed by atoms with Gasteiger partial charge in [0, 0.05) is 37.8 Å². The zero-order chi connectivity index (χ0) is 34.2. The minimum atomic E-state index is -2.36. The lowest BCUT2D eigenvalue weighted by molar-refractivity contribution is -0.0559. The van der Waals surface area contributed by atoms with Gasteiger partial charge in [-0.15, -0.1) is 0 Å². The second-order valence-electron chi connectivity index (χ2n) is 14.1. The molecule has 3 aliphatic carbocycles. The van der Waals surface area contributed by atoms with Crippen molar-refractivity contribution in [2.24, 2.45) is 17.8 Å². The molecular formula is C36H52N4O7. The maximum Gasteiger partial charge on any atom is 0.265 e. The van der Waals surface area contributed by atoms with Crippen molar-refractivity contribution in [1.82, 2.24) is 15.4 Å². The standard InChI is InChI=1S/C36H52N4O7/c1-9-11-13-45-25-17-22(19-37-18-20(3)4)29(39(5)6)23-15-21-16-24-30(40(7)8)32-28(35(38-47-32)46-14-12-10-2)34(43)36(24,44)33(42)26(21)31(41)27(23)25/h17,20-21,24,30,37,42,44H,9-16,18-19H2,1-8H3/t21-,24-,30-,36-/m0/s1. The van der Waals surface area contributed by atoms with Crippen LogP contribution in [0.2, 0.25) is 0 Å². The first kappa shape index (κ1) is 34.9. The normalized spacial score (nSPS) is 23.5. The number of allylic oxidation sites excluding steroid dienone is 1. The highest BCUT2D eigenvalue weighted by molar-refractivity contribution is 6.16. The second kappa shape index (κ2) is 14.0. The molecule has 47 heavy (non-hydrogen) atoms. The van der Waals surface area contributed by atoms with Gasteiger partial charge in [-0.2, -0.15) is 0 Å². The average molecular weight is 653 g/mol. The molecule has 1 heterocycles. The molecule has 0 bridgehead atoms. The third kappa shape index (κ3) is 6.06. The van der Waals surface area contributed by atoms with E-state index in [1.54, 1.807) is 0 Å². The van der Waals surface area contributed by atoms with Gasteiger partial charge in [-0.05, 0) is 80.5 Å². The number of benzene rings is 1. The van der Waals surface area contributed by atoms with Crippen LogP contribution in [0.4, 0.5) is 5.69 Å². The SMILES string of the molecule is CCCCOc1cc(CNCC(C)C)c(N(C)C)c2c1C(=O)C1=C(O)[C@]3(O)C(=O)c4c(OCCCC)noc4[C@@H](N(C)C)[C@@H]3C[C@@H]1C2. The summed E-state index contributed by atoms with van der Waals surface area (Å²) in [6.45, 7) is 10.6. The molecule has 258 valence electrons. The van der Waals surface area contributed by atoms with E-state index in [9.17, 15) is 19.8 Å². The number of ether oxygens (including phenoxy) is 2. The first-order valence-corrected chi connectivity index (χ1v) is 17.1. The minimum Gasteiger partial charge on any atom is -0.508 e. The van der Waals surface area contributed by atoms with Gasteiger partial charge in [0.05, 0.1) is 24.8 Å². The van der Waals surface area contributed by atoms with E-state index < -0.39 is 40.8 Å². The highest BCUT2D eigenvalue weighted by Crippen LogP contribution is 2.57. The number of hydrogen-bond donors (Lipinski definition) is 3. The molecule has 2 aromatic rings. The highest BCUT2D eigenvalue weighted by Gasteiger charge is 2.64. The number of carbonyl (C=O) groups is 2. The Morgan fingerprint density at radius 1 is 1.09 bits per heavy atom. The number of ketones is 2. The van der Waals surface area contributed by atoms with Crippen LogP contribution < -0.4 is 19.7 Å². The fourth-order valence-electron chi connectivity index (χ4n) is 7.57. The molecule has 0 saturated carbocycles. The van der Waals surface area contributed by atoms with Crippen LogP contribution in [-0.4, -0.2) is 85.4 Å². The molecule has 0 spiro atoms. The summed E-state index contributed by atoms with van der Waals surface area (Å²) in [4.78, 5) is 32.8. The fourth-order valence-corrected chi connectivity index (χ4v) is 7.57. The van der Waals surface area contributed by atoms with Gasteiger partial charge in [-0.25, -0.2) is 0 Å². The Kier molecular flexibility index (Phi) is 10.4. The van der Waals surface area contributed by atoms with Crippen molar-refractivity contribution in [2.45, 2.75) is 84.4 Å². The van der Waals surface area contributed by atoms with E-state index in [-0.39, 0.29) is 23.4 Å². The van der Waals surface area contributed by atoms with Crippen LogP contribution in [0.3, 0.4) is 0 Å². The topological polar surface area (TPSA) is 138 Å². The van der Waals surface area contributed by atoms with Crippen molar-refractivity contribution < 1.29 is 33.8 Å². The van der Waals surface area contributed by atoms with Gasteiger partial charge in [-0.1, -0.05) is 40.5 Å². The van der Waals surface area contributed by atoms with E-state index in [1.165, 1.54) is 0 Å². The van der Waals surface area contributed by atoms with Crippen molar-refractivity contribution in [3.63, 3.8) is 0 Å². The van der Waals surface area contributed by atoms with Crippen molar-refractivity contribution in [3.05, 3.63) is 45.4 Å². The third-order valence-corrected chi connectivity index (χ3v) is 9.74. The Morgan fingerprint density at radius 2 is 1.77 bits per heavy atom. The highest BCUT2D eigenvalue weighted by atomic mass is 16.5. The molecule has 1 aromatic heterocycles. The van der Waals surface area contributed by atoms with Gasteiger partial charge in [0.15, 0.2) is 17.1 Å². The smallest absolute Gasteiger partial charge is 0.265 e. The number of fused-ring (bicyclic) bond motifs is 4. The van der Waals surface area contributed by atoms with Crippen molar-refractivity contribution >= 4 is 17.3 Å². The number of carbonyl (C=O) groups excluding carboxylic acids is 2. The summed E-state index contributed by atoms with van der Waals surface area (Å²) in [6, 6.07) is 1.33. The first-order chi connectivity index (χ1) is 22.4. The van der Waals surface area contributed by atoms with Gasteiger partial charge in [0.1, 0.15) is 17.1 Å². The number of rotatable bonds is 14. The number of aromatic nitrogens is 1. The molecule has 0 saturated heterocycles. The van der Waals surface area contributed by atoms with E-state index in [2.05, 4.69) is 31.2 Å². The third-order valence-electron chi connectivity index (χ3n) is 9.74. The monoisotopic (exact) mass is 652 g/mol. The zero-order valence-electron chi connectivity index (χ0n) is 29.2. The Morgan fingerprint density at radius 3 is 2.38 bits per heavy atom. The van der Waals surface area contributed by atoms with E-state index in [0.29, 0.717) is 49.2 Å². The number of nitrogens with one attached hydrogen (secondary N) is 1. The lowest BCUT2D eigenvalue weighted by Crippen LogP contribution is -2.59. The molecule has 0 fully saturated rings. The van der Waals surface area contributed by atoms with Gasteiger partial charge >= 0.3 is 0 Å². The molecule has 0 aliphatic heterocycles. The Bertz CT molecular complexity index is 1530. The molecule has 11 nitrogen and oxygen atoms in total. The number of unbranched alkanes of at least 4 members (excludes halogenated alkanes) is 2. The molecule has 11 heteroatoms. The van der Waals surface area contributed by atoms with Gasteiger partial charge in [0.25, 0.3) is 5.88 Å². The van der Waals surface area contributed by atoms with Crippen molar-refractivity contribution in [1.29, 1.82) is 0 Å². The average Bonchev–Trinajstić information content (AvgIpc) is 3.41. The van der Waals surface area contributed by atoms with Gasteiger partial charge in [-0.3, -0.25) is 14.5 Å². The molecule has 4 atom stereocenters. The Hall–Kier alpha value is -3.41. The summed E-state index contributed by atoms with van der Waals surface area (Å²) in [6.07, 6.45) is 4.09. The molecule has 5 rings (SSSR count). The molecule has 1 aromatic carbocycles. The van der Waals surface area contributed by atoms with Gasteiger partial charge in [0.2, 0.25) is 5.78 Å². The molecule has 3 N–H and O–H groups in total. The van der Waals surface area contributed by atoms with Crippen LogP contribution in [-0.2, 0) is 13.0 Å². The predicted molar refractivity (Wildman–Crippen MR) is 180 cm³/mol. The maximum absolute atomic E-state index is 14.7. The zero-order valence-corrected chi connectivity index (χ0v) is 29.2. The van der Waals surface area contributed by atoms with Crippen LogP contribution in [0.25, 0.3) is 0 Å². The molecule has 0 amide bonds. The van der Waals surface area contributed by atoms with Crippen LogP contribution in [0.1, 0.15) is 103 Å². The number of hydrogen-bond acceptors (Lipinski definition) is 11. The summed E-state index contributed by atoms with van der Waals surface area (Å²) in [5, 5.41) is 32.0. The van der Waals surface area contributed by atoms with E-state index in [4.69, 9.17) is 14.0 Å². The lowest BCUT2D eigenvalue weighted by Gasteiger charge is -2.49. The molecule has 0 radical (unpaired) electrons. The molecule has 3 aliphatic rings. The van der Waals surface area contributed by atoms with Crippen LogP contribution in [0.15, 0.2) is 21.9 Å². The Balaban J connectivity index is 1.66. The Labute approximate surface area is 278 Å². The van der Waals surface area contributed by atoms with E-state index in [1.807, 2.05) is 51.0 Å². The summed E-state index contributed by atoms with van der Waals surface area (Å²) >= 11 is 0. The summed E-state index contributed by atoms with van der Waals surface area (Å²) in [5.41, 5.74) is 0.956. The van der Waals surface area contributed by atoms with E-state index >= 15 is 0 Å². The van der Waals surface area contributed by atoms with Crippen molar-refractivity contribution in [2.75, 3.05) is 52.8 Å². The van der Waals surface area contributed by atoms with Crippen LogP contribution >= 0.6 is 0 Å². The van der Waals surface area contributed by atoms with Crippen molar-refractivity contribution in [3.8, 4) is 11.6 Å². The summed E-state index contributed by atoms with van der Waals surface area (Å²) in [7, 11) is 7.62. The maximum atomic E-state index is 14.7.